The SMILES string of the molecule is COc1ccccc1.N#C[N+](=[N-])C#N. The third-order valence-electron chi connectivity index (χ3n) is 1.17. The average Bonchev–Trinajstić information content (AvgIpc) is 2.30. The van der Waals surface area contributed by atoms with Gasteiger partial charge in [0.25, 0.3) is 0 Å². The summed E-state index contributed by atoms with van der Waals surface area (Å²) in [6.07, 6.45) is 2.28. The van der Waals surface area contributed by atoms with E-state index in [2.05, 4.69) is 0 Å². The van der Waals surface area contributed by atoms with Crippen LogP contribution in [0.2, 0.25) is 0 Å². The van der Waals surface area contributed by atoms with Gasteiger partial charge in [0.15, 0.2) is 0 Å². The van der Waals surface area contributed by atoms with Crippen LogP contribution in [0.4, 0.5) is 0 Å². The van der Waals surface area contributed by atoms with Crippen LogP contribution in [0.1, 0.15) is 0 Å². The lowest BCUT2D eigenvalue weighted by Gasteiger charge is -1.93. The molecule has 5 heteroatoms. The van der Waals surface area contributed by atoms with Gasteiger partial charge in [0.1, 0.15) is 5.75 Å². The van der Waals surface area contributed by atoms with E-state index in [-0.39, 0.29) is 4.70 Å². The Labute approximate surface area is 81.9 Å². The van der Waals surface area contributed by atoms with Crippen LogP contribution in [0.15, 0.2) is 30.3 Å². The van der Waals surface area contributed by atoms with Crippen molar-refractivity contribution in [3.05, 3.63) is 35.9 Å². The summed E-state index contributed by atoms with van der Waals surface area (Å²) in [4.78, 5) is 0. The molecule has 14 heavy (non-hydrogen) atoms. The van der Waals surface area contributed by atoms with Gasteiger partial charge in [-0.05, 0) is 12.1 Å². The minimum atomic E-state index is -0.139. The first-order chi connectivity index (χ1) is 6.74. The van der Waals surface area contributed by atoms with Gasteiger partial charge < -0.3 is 10.3 Å². The molecule has 0 aliphatic rings. The monoisotopic (exact) mass is 188 g/mol. The third kappa shape index (κ3) is 5.28. The van der Waals surface area contributed by atoms with Crippen molar-refractivity contribution in [2.24, 2.45) is 0 Å². The number of hydrogen-bond donors (Lipinski definition) is 0. The second-order valence-electron chi connectivity index (χ2n) is 2.03. The number of nitrogens with zero attached hydrogens (tertiary/aromatic N) is 4. The van der Waals surface area contributed by atoms with Gasteiger partial charge in [-0.1, -0.05) is 18.2 Å². The molecular weight excluding hydrogens is 180 g/mol. The van der Waals surface area contributed by atoms with E-state index < -0.39 is 0 Å². The number of benzene rings is 1. The van der Waals surface area contributed by atoms with E-state index in [0.717, 1.165) is 18.1 Å². The fraction of sp³-hybridized carbons (Fsp3) is 0.111. The molecule has 0 saturated heterocycles. The van der Waals surface area contributed by atoms with Crippen LogP contribution in [0.3, 0.4) is 0 Å². The zero-order valence-corrected chi connectivity index (χ0v) is 7.58. The minimum absolute atomic E-state index is 0.139. The molecule has 5 nitrogen and oxygen atoms in total. The molecule has 0 aliphatic heterocycles. The van der Waals surface area contributed by atoms with Crippen molar-refractivity contribution in [1.29, 1.82) is 10.5 Å². The van der Waals surface area contributed by atoms with Crippen LogP contribution in [0.5, 0.6) is 5.75 Å². The molecule has 0 radical (unpaired) electrons. The second kappa shape index (κ2) is 7.26. The fourth-order valence-corrected chi connectivity index (χ4v) is 0.579. The molecule has 1 rings (SSSR count). The Bertz CT molecular complexity index is 345. The highest BCUT2D eigenvalue weighted by Gasteiger charge is 1.80. The van der Waals surface area contributed by atoms with Crippen molar-refractivity contribution in [1.82, 2.24) is 0 Å². The average molecular weight is 188 g/mol. The van der Waals surface area contributed by atoms with E-state index in [1.807, 2.05) is 30.3 Å². The Hall–Kier alpha value is -2.40. The smallest absolute Gasteiger partial charge is 0.366 e. The predicted molar refractivity (Wildman–Crippen MR) is 47.8 cm³/mol. The summed E-state index contributed by atoms with van der Waals surface area (Å²) < 4.78 is 4.78. The van der Waals surface area contributed by atoms with Gasteiger partial charge in [-0.25, -0.2) is 0 Å². The fourth-order valence-electron chi connectivity index (χ4n) is 0.579. The van der Waals surface area contributed by atoms with Crippen LogP contribution in [0.25, 0.3) is 5.53 Å². The highest BCUT2D eigenvalue weighted by molar-refractivity contribution is 5.20. The van der Waals surface area contributed by atoms with Gasteiger partial charge >= 0.3 is 12.4 Å². The first-order valence-corrected chi connectivity index (χ1v) is 3.62. The molecule has 0 amide bonds. The predicted octanol–water partition coefficient (Wildman–Crippen LogP) is 1.68. The lowest BCUT2D eigenvalue weighted by molar-refractivity contribution is -0.362. The summed E-state index contributed by atoms with van der Waals surface area (Å²) in [6, 6.07) is 9.68. The van der Waals surface area contributed by atoms with E-state index in [1.165, 1.54) is 0 Å². The molecule has 0 N–H and O–H groups in total. The van der Waals surface area contributed by atoms with E-state index in [4.69, 9.17) is 20.8 Å². The molecular formula is C9H8N4O. The summed E-state index contributed by atoms with van der Waals surface area (Å²) in [5.41, 5.74) is 7.78. The van der Waals surface area contributed by atoms with Crippen molar-refractivity contribution in [3.63, 3.8) is 0 Å². The maximum absolute atomic E-state index is 7.78. The Balaban J connectivity index is 0.000000255. The molecule has 0 unspecified atom stereocenters. The topological polar surface area (TPSA) is 82.1 Å². The van der Waals surface area contributed by atoms with Crippen LogP contribution in [-0.2, 0) is 0 Å². The standard InChI is InChI=1S/C7H8O.C2N4/c1-8-7-5-3-2-4-6-7;3-1-6(5)2-4/h2-6H,1H3;. The number of nitriles is 2. The normalized spacial score (nSPS) is 7.07. The number of para-hydroxylation sites is 1. The third-order valence-corrected chi connectivity index (χ3v) is 1.17. The zero-order valence-electron chi connectivity index (χ0n) is 7.58. The molecule has 0 aliphatic carbocycles. The zero-order chi connectivity index (χ0) is 10.8. The Kier molecular flexibility index (Phi) is 6.02. The van der Waals surface area contributed by atoms with Crippen LogP contribution >= 0.6 is 0 Å². The lowest BCUT2D eigenvalue weighted by atomic mass is 10.3. The second-order valence-corrected chi connectivity index (χ2v) is 2.03. The molecule has 0 bridgehead atoms. The first kappa shape index (κ1) is 11.6. The maximum atomic E-state index is 7.78. The minimum Gasteiger partial charge on any atom is -0.623 e. The molecule has 0 heterocycles. The molecule has 0 saturated carbocycles. The molecule has 1 aromatic rings. The Morgan fingerprint density at radius 2 is 1.71 bits per heavy atom. The number of methoxy groups -OCH3 is 1. The van der Waals surface area contributed by atoms with Crippen molar-refractivity contribution < 1.29 is 9.43 Å². The van der Waals surface area contributed by atoms with Gasteiger partial charge in [-0.2, -0.15) is 4.70 Å². The molecule has 1 aromatic carbocycles. The summed E-state index contributed by atoms with van der Waals surface area (Å²) in [5.74, 6) is 0.910. The number of ether oxygens (including phenoxy) is 1. The molecule has 0 atom stereocenters. The number of hydrogen-bond acceptors (Lipinski definition) is 3. The highest BCUT2D eigenvalue weighted by Crippen LogP contribution is 2.05. The van der Waals surface area contributed by atoms with E-state index in [1.54, 1.807) is 7.11 Å². The van der Waals surface area contributed by atoms with Crippen molar-refractivity contribution in [3.8, 4) is 18.1 Å². The van der Waals surface area contributed by atoms with E-state index >= 15 is 0 Å². The summed E-state index contributed by atoms with van der Waals surface area (Å²) in [7, 11) is 1.66. The molecule has 70 valence electrons. The molecule has 0 spiro atoms. The summed E-state index contributed by atoms with van der Waals surface area (Å²) >= 11 is 0. The van der Waals surface area contributed by atoms with Crippen LogP contribution in [0, 0.1) is 22.9 Å². The molecule has 0 aromatic heterocycles. The van der Waals surface area contributed by atoms with Gasteiger partial charge in [0.05, 0.1) is 7.11 Å². The van der Waals surface area contributed by atoms with E-state index in [9.17, 15) is 0 Å². The molecule has 0 fully saturated rings. The van der Waals surface area contributed by atoms with E-state index in [0.29, 0.717) is 0 Å². The number of rotatable bonds is 1. The van der Waals surface area contributed by atoms with Gasteiger partial charge in [-0.3, -0.25) is 0 Å². The van der Waals surface area contributed by atoms with Gasteiger partial charge in [0.2, 0.25) is 0 Å². The maximum Gasteiger partial charge on any atom is 0.366 e. The Morgan fingerprint density at radius 3 is 1.93 bits per heavy atom. The van der Waals surface area contributed by atoms with Crippen molar-refractivity contribution in [2.45, 2.75) is 0 Å². The quantitative estimate of drug-likeness (QED) is 0.291. The summed E-state index contributed by atoms with van der Waals surface area (Å²) in [5, 5.41) is 15.1. The van der Waals surface area contributed by atoms with Crippen molar-refractivity contribution >= 4 is 0 Å². The summed E-state index contributed by atoms with van der Waals surface area (Å²) in [6.45, 7) is 0. The highest BCUT2D eigenvalue weighted by atomic mass is 16.5. The van der Waals surface area contributed by atoms with Crippen LogP contribution < -0.4 is 4.74 Å². The Morgan fingerprint density at radius 1 is 1.21 bits per heavy atom. The lowest BCUT2D eigenvalue weighted by Crippen LogP contribution is -1.81. The largest absolute Gasteiger partial charge is 0.623 e. The van der Waals surface area contributed by atoms with Gasteiger partial charge in [0, 0.05) is 10.5 Å². The van der Waals surface area contributed by atoms with Gasteiger partial charge in [-0.15, -0.1) is 0 Å². The van der Waals surface area contributed by atoms with Crippen molar-refractivity contribution in [2.75, 3.05) is 7.11 Å². The van der Waals surface area contributed by atoms with Crippen LogP contribution in [-0.4, -0.2) is 11.8 Å². The first-order valence-electron chi connectivity index (χ1n) is 3.62.